The monoisotopic (exact) mass is 256 g/mol. The van der Waals surface area contributed by atoms with Crippen LogP contribution in [-0.2, 0) is 19.1 Å². The highest BCUT2D eigenvalue weighted by molar-refractivity contribution is 6.01. The van der Waals surface area contributed by atoms with Crippen LogP contribution < -0.4 is 0 Å². The third-order valence-corrected chi connectivity index (χ3v) is 3.75. The van der Waals surface area contributed by atoms with Gasteiger partial charge in [0, 0.05) is 0 Å². The summed E-state index contributed by atoms with van der Waals surface area (Å²) in [6.07, 6.45) is 1.07. The van der Waals surface area contributed by atoms with Gasteiger partial charge in [-0.1, -0.05) is 20.8 Å². The van der Waals surface area contributed by atoms with E-state index in [0.717, 1.165) is 0 Å². The summed E-state index contributed by atoms with van der Waals surface area (Å²) in [6, 6.07) is 0. The van der Waals surface area contributed by atoms with Crippen LogP contribution in [0.1, 0.15) is 47.5 Å². The zero-order valence-corrected chi connectivity index (χ0v) is 12.0. The van der Waals surface area contributed by atoms with Crippen LogP contribution in [0.25, 0.3) is 0 Å². The molecule has 18 heavy (non-hydrogen) atoms. The lowest BCUT2D eigenvalue weighted by Gasteiger charge is -2.48. The van der Waals surface area contributed by atoms with Crippen molar-refractivity contribution >= 4 is 11.9 Å². The van der Waals surface area contributed by atoms with Gasteiger partial charge in [-0.05, 0) is 38.0 Å². The van der Waals surface area contributed by atoms with Crippen molar-refractivity contribution in [2.24, 2.45) is 16.7 Å². The van der Waals surface area contributed by atoms with E-state index in [2.05, 4.69) is 20.8 Å². The smallest absolute Gasteiger partial charge is 0.323 e. The summed E-state index contributed by atoms with van der Waals surface area (Å²) >= 11 is 0. The molecular weight excluding hydrogens is 232 g/mol. The number of esters is 2. The Balaban J connectivity index is 2.81. The molecule has 1 rings (SSSR count). The molecule has 0 atom stereocenters. The van der Waals surface area contributed by atoms with Gasteiger partial charge >= 0.3 is 11.9 Å². The first-order valence-electron chi connectivity index (χ1n) is 6.62. The highest BCUT2D eigenvalue weighted by Crippen LogP contribution is 2.54. The minimum absolute atomic E-state index is 0.0997. The lowest BCUT2D eigenvalue weighted by molar-refractivity contribution is -0.186. The molecule has 1 aliphatic rings. The van der Waals surface area contributed by atoms with E-state index in [1.165, 1.54) is 0 Å². The fourth-order valence-corrected chi connectivity index (χ4v) is 2.35. The van der Waals surface area contributed by atoms with Crippen molar-refractivity contribution in [3.63, 3.8) is 0 Å². The van der Waals surface area contributed by atoms with Gasteiger partial charge in [0.2, 0.25) is 0 Å². The highest BCUT2D eigenvalue weighted by atomic mass is 16.6. The lowest BCUT2D eigenvalue weighted by Crippen LogP contribution is -2.54. The van der Waals surface area contributed by atoms with Crippen molar-refractivity contribution in [2.45, 2.75) is 47.5 Å². The van der Waals surface area contributed by atoms with Gasteiger partial charge in [0.25, 0.3) is 0 Å². The van der Waals surface area contributed by atoms with Gasteiger partial charge in [0.15, 0.2) is 5.41 Å². The number of rotatable bonds is 4. The summed E-state index contributed by atoms with van der Waals surface area (Å²) in [5.74, 6) is -0.501. The summed E-state index contributed by atoms with van der Waals surface area (Å²) in [5.41, 5.74) is -0.952. The number of hydrogen-bond acceptors (Lipinski definition) is 4. The van der Waals surface area contributed by atoms with E-state index in [1.807, 2.05) is 0 Å². The van der Waals surface area contributed by atoms with Crippen LogP contribution in [0.2, 0.25) is 0 Å². The zero-order valence-electron chi connectivity index (χ0n) is 12.0. The molecule has 104 valence electrons. The molecule has 1 fully saturated rings. The molecule has 0 aromatic carbocycles. The van der Waals surface area contributed by atoms with Gasteiger partial charge in [0.05, 0.1) is 13.2 Å². The van der Waals surface area contributed by atoms with E-state index in [4.69, 9.17) is 9.47 Å². The topological polar surface area (TPSA) is 52.6 Å². The SMILES string of the molecule is CCOC(=O)C1(C(=O)OCC)CC(C(C)(C)C)C1. The van der Waals surface area contributed by atoms with Gasteiger partial charge < -0.3 is 9.47 Å². The summed E-state index contributed by atoms with van der Waals surface area (Å²) in [4.78, 5) is 24.0. The molecular formula is C14H24O4. The van der Waals surface area contributed by atoms with Crippen LogP contribution >= 0.6 is 0 Å². The van der Waals surface area contributed by atoms with E-state index in [1.54, 1.807) is 13.8 Å². The van der Waals surface area contributed by atoms with Crippen LogP contribution in [0.3, 0.4) is 0 Å². The maximum Gasteiger partial charge on any atom is 0.323 e. The van der Waals surface area contributed by atoms with E-state index in [9.17, 15) is 9.59 Å². The molecule has 0 aliphatic heterocycles. The molecule has 4 heteroatoms. The first kappa shape index (κ1) is 15.0. The third-order valence-electron chi connectivity index (χ3n) is 3.75. The minimum Gasteiger partial charge on any atom is -0.465 e. The third kappa shape index (κ3) is 2.68. The van der Waals surface area contributed by atoms with Crippen LogP contribution in [0.4, 0.5) is 0 Å². The standard InChI is InChI=1S/C14H24O4/c1-6-17-11(15)14(12(16)18-7-2)8-10(9-14)13(3,4)5/h10H,6-9H2,1-5H3. The molecule has 0 radical (unpaired) electrons. The molecule has 0 amide bonds. The Morgan fingerprint density at radius 2 is 1.44 bits per heavy atom. The van der Waals surface area contributed by atoms with Gasteiger partial charge in [-0.15, -0.1) is 0 Å². The van der Waals surface area contributed by atoms with Crippen molar-refractivity contribution in [3.8, 4) is 0 Å². The van der Waals surface area contributed by atoms with Crippen LogP contribution in [0.5, 0.6) is 0 Å². The first-order chi connectivity index (χ1) is 8.28. The predicted molar refractivity (Wildman–Crippen MR) is 67.9 cm³/mol. The maximum atomic E-state index is 12.0. The van der Waals surface area contributed by atoms with Crippen molar-refractivity contribution in [2.75, 3.05) is 13.2 Å². The molecule has 1 saturated carbocycles. The van der Waals surface area contributed by atoms with Crippen molar-refractivity contribution in [1.29, 1.82) is 0 Å². The quantitative estimate of drug-likeness (QED) is 0.573. The molecule has 0 aromatic rings. The highest BCUT2D eigenvalue weighted by Gasteiger charge is 2.60. The second-order valence-corrected chi connectivity index (χ2v) is 5.99. The second kappa shape index (κ2) is 5.29. The van der Waals surface area contributed by atoms with Crippen molar-refractivity contribution < 1.29 is 19.1 Å². The van der Waals surface area contributed by atoms with E-state index in [-0.39, 0.29) is 5.41 Å². The second-order valence-electron chi connectivity index (χ2n) is 5.99. The summed E-state index contributed by atoms with van der Waals surface area (Å²) in [6.45, 7) is 10.4. The van der Waals surface area contributed by atoms with E-state index in [0.29, 0.717) is 32.0 Å². The van der Waals surface area contributed by atoms with Crippen LogP contribution in [-0.4, -0.2) is 25.2 Å². The molecule has 0 aromatic heterocycles. The summed E-state index contributed by atoms with van der Waals surface area (Å²) in [7, 11) is 0. The number of carbonyl (C=O) groups is 2. The van der Waals surface area contributed by atoms with Gasteiger partial charge in [-0.2, -0.15) is 0 Å². The normalized spacial score (nSPS) is 18.9. The Hall–Kier alpha value is -1.06. The molecule has 0 spiro atoms. The fourth-order valence-electron chi connectivity index (χ4n) is 2.35. The Bertz CT molecular complexity index is 301. The Morgan fingerprint density at radius 3 is 1.72 bits per heavy atom. The minimum atomic E-state index is -1.05. The molecule has 0 heterocycles. The number of carbonyl (C=O) groups excluding carboxylic acids is 2. The average molecular weight is 256 g/mol. The van der Waals surface area contributed by atoms with Crippen molar-refractivity contribution in [1.82, 2.24) is 0 Å². The molecule has 0 bridgehead atoms. The van der Waals surface area contributed by atoms with Crippen LogP contribution in [0, 0.1) is 16.7 Å². The predicted octanol–water partition coefficient (Wildman–Crippen LogP) is 2.56. The van der Waals surface area contributed by atoms with E-state index >= 15 is 0 Å². The largest absolute Gasteiger partial charge is 0.465 e. The molecule has 4 nitrogen and oxygen atoms in total. The maximum absolute atomic E-state index is 12.0. The zero-order chi connectivity index (χ0) is 14.0. The number of hydrogen-bond donors (Lipinski definition) is 0. The lowest BCUT2D eigenvalue weighted by atomic mass is 9.54. The Kier molecular flexibility index (Phi) is 4.41. The van der Waals surface area contributed by atoms with E-state index < -0.39 is 17.4 Å². The molecule has 1 aliphatic carbocycles. The van der Waals surface area contributed by atoms with Gasteiger partial charge in [-0.3, -0.25) is 9.59 Å². The molecule has 0 saturated heterocycles. The van der Waals surface area contributed by atoms with Gasteiger partial charge in [-0.25, -0.2) is 0 Å². The molecule has 0 N–H and O–H groups in total. The summed E-state index contributed by atoms with van der Waals surface area (Å²) in [5, 5.41) is 0. The van der Waals surface area contributed by atoms with Gasteiger partial charge in [0.1, 0.15) is 0 Å². The van der Waals surface area contributed by atoms with Crippen LogP contribution in [0.15, 0.2) is 0 Å². The Labute approximate surface area is 109 Å². The van der Waals surface area contributed by atoms with Crippen molar-refractivity contribution in [3.05, 3.63) is 0 Å². The Morgan fingerprint density at radius 1 is 1.06 bits per heavy atom. The average Bonchev–Trinajstić information content (AvgIpc) is 2.14. The fraction of sp³-hybridized carbons (Fsp3) is 0.857. The number of ether oxygens (including phenoxy) is 2. The first-order valence-corrected chi connectivity index (χ1v) is 6.62. The molecule has 0 unspecified atom stereocenters. The summed E-state index contributed by atoms with van der Waals surface area (Å²) < 4.78 is 10.1.